The summed E-state index contributed by atoms with van der Waals surface area (Å²) in [5.74, 6) is -0.783. The standard InChI is InChI=1S/C11H9F2N3/c12-6-1-3-9(13)8(5-6)7-2-4-10(14)16-11(7)15/h1-5H,(H4,14,15,16). The van der Waals surface area contributed by atoms with E-state index in [1.54, 1.807) is 0 Å². The van der Waals surface area contributed by atoms with Gasteiger partial charge in [0.2, 0.25) is 0 Å². The number of hydrogen-bond donors (Lipinski definition) is 2. The van der Waals surface area contributed by atoms with Gasteiger partial charge in [0, 0.05) is 11.1 Å². The number of rotatable bonds is 1. The number of anilines is 2. The number of benzene rings is 1. The predicted molar refractivity (Wildman–Crippen MR) is 58.4 cm³/mol. The first-order chi connectivity index (χ1) is 7.58. The molecule has 0 saturated carbocycles. The number of nitrogens with zero attached hydrogens (tertiary/aromatic N) is 1. The number of nitrogen functional groups attached to an aromatic ring is 2. The Morgan fingerprint density at radius 3 is 2.38 bits per heavy atom. The normalized spacial score (nSPS) is 10.4. The Bertz CT molecular complexity index is 541. The molecule has 0 saturated heterocycles. The molecule has 2 rings (SSSR count). The van der Waals surface area contributed by atoms with Gasteiger partial charge in [0.1, 0.15) is 23.3 Å². The van der Waals surface area contributed by atoms with Crippen molar-refractivity contribution in [2.75, 3.05) is 11.5 Å². The molecular formula is C11H9F2N3. The molecule has 2 aromatic rings. The molecule has 0 unspecified atom stereocenters. The highest BCUT2D eigenvalue weighted by atomic mass is 19.1. The smallest absolute Gasteiger partial charge is 0.133 e. The third-order valence-corrected chi connectivity index (χ3v) is 2.16. The van der Waals surface area contributed by atoms with Crippen LogP contribution in [0, 0.1) is 11.6 Å². The molecule has 0 aliphatic heterocycles. The molecule has 0 aliphatic rings. The van der Waals surface area contributed by atoms with Crippen molar-refractivity contribution >= 4 is 11.6 Å². The van der Waals surface area contributed by atoms with Gasteiger partial charge in [0.25, 0.3) is 0 Å². The average molecular weight is 221 g/mol. The molecule has 82 valence electrons. The van der Waals surface area contributed by atoms with E-state index in [0.29, 0.717) is 5.56 Å². The third-order valence-electron chi connectivity index (χ3n) is 2.16. The molecule has 16 heavy (non-hydrogen) atoms. The van der Waals surface area contributed by atoms with Crippen LogP contribution in [0.4, 0.5) is 20.4 Å². The van der Waals surface area contributed by atoms with Crippen molar-refractivity contribution in [2.45, 2.75) is 0 Å². The molecule has 0 radical (unpaired) electrons. The lowest BCUT2D eigenvalue weighted by Gasteiger charge is -2.06. The average Bonchev–Trinajstić information content (AvgIpc) is 2.22. The van der Waals surface area contributed by atoms with E-state index < -0.39 is 11.6 Å². The maximum absolute atomic E-state index is 13.5. The summed E-state index contributed by atoms with van der Waals surface area (Å²) in [6, 6.07) is 6.14. The number of aromatic nitrogens is 1. The number of hydrogen-bond acceptors (Lipinski definition) is 3. The molecule has 3 nitrogen and oxygen atoms in total. The highest BCUT2D eigenvalue weighted by Crippen LogP contribution is 2.28. The molecule has 1 aromatic carbocycles. The van der Waals surface area contributed by atoms with Crippen LogP contribution in [0.15, 0.2) is 30.3 Å². The zero-order chi connectivity index (χ0) is 11.7. The lowest BCUT2D eigenvalue weighted by Crippen LogP contribution is -1.99. The molecule has 5 heteroatoms. The van der Waals surface area contributed by atoms with Crippen LogP contribution in [0.5, 0.6) is 0 Å². The van der Waals surface area contributed by atoms with Crippen LogP contribution >= 0.6 is 0 Å². The van der Waals surface area contributed by atoms with Gasteiger partial charge in [-0.05, 0) is 30.3 Å². The lowest BCUT2D eigenvalue weighted by atomic mass is 10.1. The van der Waals surface area contributed by atoms with Crippen molar-refractivity contribution in [3.05, 3.63) is 42.0 Å². The van der Waals surface area contributed by atoms with Crippen molar-refractivity contribution < 1.29 is 8.78 Å². The molecule has 1 heterocycles. The van der Waals surface area contributed by atoms with E-state index in [4.69, 9.17) is 11.5 Å². The van der Waals surface area contributed by atoms with Crippen molar-refractivity contribution in [3.63, 3.8) is 0 Å². The molecule has 0 bridgehead atoms. The van der Waals surface area contributed by atoms with Crippen LogP contribution in [0.3, 0.4) is 0 Å². The fourth-order valence-electron chi connectivity index (χ4n) is 1.42. The maximum atomic E-state index is 13.5. The van der Waals surface area contributed by atoms with Crippen LogP contribution in [-0.4, -0.2) is 4.98 Å². The molecule has 0 atom stereocenters. The maximum Gasteiger partial charge on any atom is 0.133 e. The number of pyridine rings is 1. The van der Waals surface area contributed by atoms with E-state index in [1.807, 2.05) is 0 Å². The van der Waals surface area contributed by atoms with Crippen LogP contribution in [0.2, 0.25) is 0 Å². The van der Waals surface area contributed by atoms with Crippen LogP contribution in [0.1, 0.15) is 0 Å². The fourth-order valence-corrected chi connectivity index (χ4v) is 1.42. The second-order valence-electron chi connectivity index (χ2n) is 3.29. The first-order valence-corrected chi connectivity index (χ1v) is 4.55. The van der Waals surface area contributed by atoms with Gasteiger partial charge < -0.3 is 11.5 Å². The first kappa shape index (κ1) is 10.4. The zero-order valence-corrected chi connectivity index (χ0v) is 8.24. The Balaban J connectivity index is 2.62. The number of nitrogens with two attached hydrogens (primary N) is 2. The Labute approximate surface area is 90.7 Å². The Morgan fingerprint density at radius 2 is 1.69 bits per heavy atom. The van der Waals surface area contributed by atoms with Crippen LogP contribution in [-0.2, 0) is 0 Å². The Kier molecular flexibility index (Phi) is 2.44. The summed E-state index contributed by atoms with van der Waals surface area (Å²) in [5, 5.41) is 0. The lowest BCUT2D eigenvalue weighted by molar-refractivity contribution is 0.603. The summed E-state index contributed by atoms with van der Waals surface area (Å²) in [7, 11) is 0. The SMILES string of the molecule is Nc1ccc(-c2cc(F)ccc2F)c(N)n1. The Morgan fingerprint density at radius 1 is 0.938 bits per heavy atom. The molecule has 0 spiro atoms. The fraction of sp³-hybridized carbons (Fsp3) is 0. The molecule has 4 N–H and O–H groups in total. The van der Waals surface area contributed by atoms with Gasteiger partial charge in [-0.2, -0.15) is 0 Å². The molecule has 0 amide bonds. The predicted octanol–water partition coefficient (Wildman–Crippen LogP) is 2.19. The third kappa shape index (κ3) is 1.79. The second-order valence-corrected chi connectivity index (χ2v) is 3.29. The van der Waals surface area contributed by atoms with E-state index in [-0.39, 0.29) is 17.2 Å². The Hall–Kier alpha value is -2.17. The summed E-state index contributed by atoms with van der Waals surface area (Å²) in [6.07, 6.45) is 0. The van der Waals surface area contributed by atoms with Gasteiger partial charge in [-0.25, -0.2) is 13.8 Å². The van der Waals surface area contributed by atoms with E-state index in [1.165, 1.54) is 12.1 Å². The quantitative estimate of drug-likeness (QED) is 0.775. The van der Waals surface area contributed by atoms with E-state index in [0.717, 1.165) is 18.2 Å². The van der Waals surface area contributed by atoms with Gasteiger partial charge in [0.05, 0.1) is 0 Å². The van der Waals surface area contributed by atoms with Crippen LogP contribution in [0.25, 0.3) is 11.1 Å². The van der Waals surface area contributed by atoms with Crippen molar-refractivity contribution in [1.29, 1.82) is 0 Å². The van der Waals surface area contributed by atoms with Crippen molar-refractivity contribution in [3.8, 4) is 11.1 Å². The molecular weight excluding hydrogens is 212 g/mol. The minimum atomic E-state index is -0.556. The van der Waals surface area contributed by atoms with E-state index >= 15 is 0 Å². The topological polar surface area (TPSA) is 64.9 Å². The minimum Gasteiger partial charge on any atom is -0.384 e. The van der Waals surface area contributed by atoms with E-state index in [2.05, 4.69) is 4.98 Å². The van der Waals surface area contributed by atoms with Gasteiger partial charge >= 0.3 is 0 Å². The zero-order valence-electron chi connectivity index (χ0n) is 8.24. The summed E-state index contributed by atoms with van der Waals surface area (Å²) in [4.78, 5) is 3.79. The monoisotopic (exact) mass is 221 g/mol. The molecule has 0 fully saturated rings. The second kappa shape index (κ2) is 3.77. The summed E-state index contributed by atoms with van der Waals surface area (Å²) >= 11 is 0. The van der Waals surface area contributed by atoms with E-state index in [9.17, 15) is 8.78 Å². The van der Waals surface area contributed by atoms with Gasteiger partial charge in [-0.15, -0.1) is 0 Å². The summed E-state index contributed by atoms with van der Waals surface area (Å²) < 4.78 is 26.4. The molecule has 1 aromatic heterocycles. The van der Waals surface area contributed by atoms with Crippen molar-refractivity contribution in [2.24, 2.45) is 0 Å². The largest absolute Gasteiger partial charge is 0.384 e. The van der Waals surface area contributed by atoms with Gasteiger partial charge in [0.15, 0.2) is 0 Å². The molecule has 0 aliphatic carbocycles. The van der Waals surface area contributed by atoms with Gasteiger partial charge in [-0.1, -0.05) is 0 Å². The van der Waals surface area contributed by atoms with Crippen LogP contribution < -0.4 is 11.5 Å². The minimum absolute atomic E-state index is 0.0736. The van der Waals surface area contributed by atoms with Crippen molar-refractivity contribution in [1.82, 2.24) is 4.98 Å². The summed E-state index contributed by atoms with van der Waals surface area (Å²) in [5.41, 5.74) is 11.4. The number of halogens is 2. The first-order valence-electron chi connectivity index (χ1n) is 4.55. The summed E-state index contributed by atoms with van der Waals surface area (Å²) in [6.45, 7) is 0. The highest BCUT2D eigenvalue weighted by molar-refractivity contribution is 5.75. The highest BCUT2D eigenvalue weighted by Gasteiger charge is 2.10. The van der Waals surface area contributed by atoms with Gasteiger partial charge in [-0.3, -0.25) is 0 Å².